The molecule has 0 radical (unpaired) electrons. The Bertz CT molecular complexity index is 613. The van der Waals surface area contributed by atoms with Crippen molar-refractivity contribution in [1.82, 2.24) is 10.2 Å². The second-order valence-corrected chi connectivity index (χ2v) is 6.39. The number of carbonyl (C=O) groups excluding carboxylic acids is 2. The first-order chi connectivity index (χ1) is 11.6. The van der Waals surface area contributed by atoms with E-state index in [-0.39, 0.29) is 24.4 Å². The van der Waals surface area contributed by atoms with Gasteiger partial charge < -0.3 is 15.0 Å². The van der Waals surface area contributed by atoms with Gasteiger partial charge in [0.15, 0.2) is 6.10 Å². The van der Waals surface area contributed by atoms with Crippen LogP contribution >= 0.6 is 0 Å². The number of carbonyl (C=O) groups is 2. The molecule has 0 spiro atoms. The Kier molecular flexibility index (Phi) is 5.04. The summed E-state index contributed by atoms with van der Waals surface area (Å²) in [4.78, 5) is 28.9. The molecule has 6 heteroatoms. The summed E-state index contributed by atoms with van der Waals surface area (Å²) in [5.41, 5.74) is 0.676. The first-order valence-electron chi connectivity index (χ1n) is 8.69. The molecule has 2 heterocycles. The second-order valence-electron chi connectivity index (χ2n) is 6.39. The minimum Gasteiger partial charge on any atom is -0.479 e. The van der Waals surface area contributed by atoms with E-state index in [0.29, 0.717) is 11.4 Å². The van der Waals surface area contributed by atoms with Gasteiger partial charge in [-0.25, -0.2) is 0 Å². The van der Waals surface area contributed by atoms with Crippen LogP contribution in [0.3, 0.4) is 0 Å². The predicted molar refractivity (Wildman–Crippen MR) is 92.2 cm³/mol. The van der Waals surface area contributed by atoms with E-state index in [4.69, 9.17) is 4.74 Å². The Morgan fingerprint density at radius 3 is 2.92 bits per heavy atom. The van der Waals surface area contributed by atoms with Crippen LogP contribution in [0.5, 0.6) is 5.75 Å². The van der Waals surface area contributed by atoms with Gasteiger partial charge in [-0.1, -0.05) is 19.1 Å². The smallest absolute Gasteiger partial charge is 0.268 e. The van der Waals surface area contributed by atoms with Crippen LogP contribution in [-0.2, 0) is 9.59 Å². The van der Waals surface area contributed by atoms with Crippen LogP contribution in [0, 0.1) is 0 Å². The maximum Gasteiger partial charge on any atom is 0.268 e. The molecule has 1 fully saturated rings. The highest BCUT2D eigenvalue weighted by Gasteiger charge is 2.34. The highest BCUT2D eigenvalue weighted by molar-refractivity contribution is 6.03. The molecule has 130 valence electrons. The van der Waals surface area contributed by atoms with Crippen LogP contribution in [-0.4, -0.2) is 55.0 Å². The zero-order valence-corrected chi connectivity index (χ0v) is 14.3. The minimum atomic E-state index is -0.569. The number of nitrogens with one attached hydrogen (secondary N) is 1. The molecule has 1 saturated heterocycles. The average Bonchev–Trinajstić information content (AvgIpc) is 3.10. The molecular weight excluding hydrogens is 306 g/mol. The van der Waals surface area contributed by atoms with Crippen molar-refractivity contribution in [3.8, 4) is 5.75 Å². The summed E-state index contributed by atoms with van der Waals surface area (Å²) in [7, 11) is 0. The summed E-state index contributed by atoms with van der Waals surface area (Å²) in [6, 6.07) is 7.61. The Labute approximate surface area is 142 Å². The Balaban J connectivity index is 1.80. The van der Waals surface area contributed by atoms with Gasteiger partial charge >= 0.3 is 0 Å². The number of hydrogen-bond acceptors (Lipinski definition) is 4. The lowest BCUT2D eigenvalue weighted by atomic mass is 10.1. The monoisotopic (exact) mass is 331 g/mol. The molecule has 2 aliphatic rings. The quantitative estimate of drug-likeness (QED) is 0.886. The Hall–Kier alpha value is -2.08. The number of para-hydroxylation sites is 2. The van der Waals surface area contributed by atoms with Gasteiger partial charge in [-0.05, 0) is 38.4 Å². The van der Waals surface area contributed by atoms with E-state index in [2.05, 4.69) is 12.2 Å². The number of anilines is 1. The summed E-state index contributed by atoms with van der Waals surface area (Å²) in [6.07, 6.45) is 1.31. The number of ether oxygens (including phenoxy) is 1. The van der Waals surface area contributed by atoms with Crippen molar-refractivity contribution < 1.29 is 14.3 Å². The molecule has 0 aromatic heterocycles. The molecule has 0 aliphatic carbocycles. The summed E-state index contributed by atoms with van der Waals surface area (Å²) < 4.78 is 5.64. The molecular formula is C18H25N3O3. The average molecular weight is 331 g/mol. The predicted octanol–water partition coefficient (Wildman–Crippen LogP) is 1.40. The van der Waals surface area contributed by atoms with Gasteiger partial charge in [-0.3, -0.25) is 14.5 Å². The summed E-state index contributed by atoms with van der Waals surface area (Å²) in [5.74, 6) is 0.493. The van der Waals surface area contributed by atoms with Crippen LogP contribution in [0.1, 0.15) is 26.7 Å². The van der Waals surface area contributed by atoms with Crippen molar-refractivity contribution in [3.05, 3.63) is 24.3 Å². The number of fused-ring (bicyclic) bond motifs is 1. The molecule has 6 nitrogen and oxygen atoms in total. The highest BCUT2D eigenvalue weighted by atomic mass is 16.5. The molecule has 2 aliphatic heterocycles. The topological polar surface area (TPSA) is 61.9 Å². The summed E-state index contributed by atoms with van der Waals surface area (Å²) in [6.45, 7) is 6.35. The van der Waals surface area contributed by atoms with Gasteiger partial charge in [0.25, 0.3) is 5.91 Å². The van der Waals surface area contributed by atoms with Gasteiger partial charge in [-0.2, -0.15) is 0 Å². The standard InChI is InChI=1S/C18H25N3O3/c1-3-10-20(14-8-9-19-11-14)17(22)12-21-15-6-4-5-7-16(15)24-13(2)18(21)23/h4-7,13-14,19H,3,8-12H2,1-2H3. The maximum atomic E-state index is 12.9. The third-order valence-corrected chi connectivity index (χ3v) is 4.63. The van der Waals surface area contributed by atoms with Gasteiger partial charge in [-0.15, -0.1) is 0 Å². The largest absolute Gasteiger partial charge is 0.479 e. The fourth-order valence-corrected chi connectivity index (χ4v) is 3.41. The third kappa shape index (κ3) is 3.24. The van der Waals surface area contributed by atoms with Crippen molar-refractivity contribution >= 4 is 17.5 Å². The van der Waals surface area contributed by atoms with E-state index in [1.807, 2.05) is 29.2 Å². The molecule has 2 atom stereocenters. The van der Waals surface area contributed by atoms with E-state index in [1.54, 1.807) is 11.8 Å². The van der Waals surface area contributed by atoms with Gasteiger partial charge in [0.05, 0.1) is 5.69 Å². The molecule has 3 rings (SSSR count). The van der Waals surface area contributed by atoms with Gasteiger partial charge in [0, 0.05) is 19.1 Å². The second kappa shape index (κ2) is 7.21. The van der Waals surface area contributed by atoms with Crippen molar-refractivity contribution in [2.24, 2.45) is 0 Å². The summed E-state index contributed by atoms with van der Waals surface area (Å²) in [5, 5.41) is 3.31. The molecule has 2 amide bonds. The van der Waals surface area contributed by atoms with Crippen LogP contribution in [0.2, 0.25) is 0 Å². The first-order valence-corrected chi connectivity index (χ1v) is 8.69. The Morgan fingerprint density at radius 2 is 2.21 bits per heavy atom. The van der Waals surface area contributed by atoms with Crippen molar-refractivity contribution in [3.63, 3.8) is 0 Å². The van der Waals surface area contributed by atoms with Crippen molar-refractivity contribution in [2.75, 3.05) is 31.1 Å². The maximum absolute atomic E-state index is 12.9. The lowest BCUT2D eigenvalue weighted by Crippen LogP contribution is -2.52. The van der Waals surface area contributed by atoms with E-state index in [1.165, 1.54) is 0 Å². The zero-order valence-electron chi connectivity index (χ0n) is 14.3. The molecule has 2 unspecified atom stereocenters. The van der Waals surface area contributed by atoms with Gasteiger partial charge in [0.1, 0.15) is 12.3 Å². The molecule has 24 heavy (non-hydrogen) atoms. The SMILES string of the molecule is CCCN(C(=O)CN1C(=O)C(C)Oc2ccccc21)C1CCNC1. The summed E-state index contributed by atoms with van der Waals surface area (Å²) >= 11 is 0. The number of benzene rings is 1. The third-order valence-electron chi connectivity index (χ3n) is 4.63. The van der Waals surface area contributed by atoms with E-state index < -0.39 is 6.10 Å². The first kappa shape index (κ1) is 16.8. The van der Waals surface area contributed by atoms with Gasteiger partial charge in [0.2, 0.25) is 5.91 Å². The highest BCUT2D eigenvalue weighted by Crippen LogP contribution is 2.33. The van der Waals surface area contributed by atoms with E-state index in [9.17, 15) is 9.59 Å². The number of amides is 2. The molecule has 1 aromatic rings. The van der Waals surface area contributed by atoms with E-state index >= 15 is 0 Å². The van der Waals surface area contributed by atoms with Crippen molar-refractivity contribution in [1.29, 1.82) is 0 Å². The van der Waals surface area contributed by atoms with Crippen LogP contribution in [0.25, 0.3) is 0 Å². The van der Waals surface area contributed by atoms with Crippen LogP contribution < -0.4 is 15.0 Å². The lowest BCUT2D eigenvalue weighted by molar-refractivity contribution is -0.134. The fraction of sp³-hybridized carbons (Fsp3) is 0.556. The number of hydrogen-bond donors (Lipinski definition) is 1. The zero-order chi connectivity index (χ0) is 17.1. The lowest BCUT2D eigenvalue weighted by Gasteiger charge is -2.35. The normalized spacial score (nSPS) is 22.9. The van der Waals surface area contributed by atoms with Crippen LogP contribution in [0.15, 0.2) is 24.3 Å². The number of nitrogens with zero attached hydrogens (tertiary/aromatic N) is 2. The molecule has 0 bridgehead atoms. The molecule has 1 aromatic carbocycles. The minimum absolute atomic E-state index is 0.00260. The fourth-order valence-electron chi connectivity index (χ4n) is 3.41. The molecule has 0 saturated carbocycles. The van der Waals surface area contributed by atoms with E-state index in [0.717, 1.165) is 32.5 Å². The number of rotatable bonds is 5. The van der Waals surface area contributed by atoms with Crippen molar-refractivity contribution in [2.45, 2.75) is 38.8 Å². The van der Waals surface area contributed by atoms with Crippen LogP contribution in [0.4, 0.5) is 5.69 Å². The Morgan fingerprint density at radius 1 is 1.42 bits per heavy atom. The molecule has 1 N–H and O–H groups in total.